The molecule has 0 aromatic heterocycles. The molecule has 0 radical (unpaired) electrons. The molecule has 0 N–H and O–H groups in total. The van der Waals surface area contributed by atoms with Gasteiger partial charge in [0.25, 0.3) is 0 Å². The zero-order valence-corrected chi connectivity index (χ0v) is 6.42. The zero-order chi connectivity index (χ0) is 9.12. The summed E-state index contributed by atoms with van der Waals surface area (Å²) < 4.78 is 60.0. The average molecular weight is 241 g/mol. The summed E-state index contributed by atoms with van der Waals surface area (Å²) in [7, 11) is 0. The Bertz CT molecular complexity index is 146. The lowest BCUT2D eigenvalue weighted by molar-refractivity contribution is -0.120. The molecule has 0 saturated heterocycles. The van der Waals surface area contributed by atoms with Gasteiger partial charge >= 0.3 is 11.2 Å². The van der Waals surface area contributed by atoms with Crippen molar-refractivity contribution < 1.29 is 26.7 Å². The first-order valence-electron chi connectivity index (χ1n) is 2.20. The van der Waals surface area contributed by atoms with Gasteiger partial charge in [0.1, 0.15) is 0 Å². The highest BCUT2D eigenvalue weighted by atomic mass is 79.9. The number of halogens is 6. The predicted octanol–water partition coefficient (Wildman–Crippen LogP) is 3.02. The van der Waals surface area contributed by atoms with Crippen LogP contribution in [-0.2, 0) is 4.74 Å². The summed E-state index contributed by atoms with van der Waals surface area (Å²) in [4.78, 5) is 0. The highest BCUT2D eigenvalue weighted by Gasteiger charge is 2.27. The number of rotatable bonds is 2. The van der Waals surface area contributed by atoms with Gasteiger partial charge in [-0.15, -0.1) is 0 Å². The highest BCUT2D eigenvalue weighted by Crippen LogP contribution is 2.24. The fourth-order valence-electron chi connectivity index (χ4n) is 0.188. The first kappa shape index (κ1) is 10.7. The third-order valence-electron chi connectivity index (χ3n) is 0.459. The van der Waals surface area contributed by atoms with E-state index in [9.17, 15) is 22.0 Å². The van der Waals surface area contributed by atoms with Crippen molar-refractivity contribution in [2.75, 3.05) is 0 Å². The van der Waals surface area contributed by atoms with E-state index in [0.29, 0.717) is 0 Å². The summed E-state index contributed by atoms with van der Waals surface area (Å²) in [5, 5.41) is -3.76. The summed E-state index contributed by atoms with van der Waals surface area (Å²) in [5.74, 6) is 0. The molecule has 0 atom stereocenters. The monoisotopic (exact) mass is 240 g/mol. The molecule has 0 bridgehead atoms. The fourth-order valence-corrected chi connectivity index (χ4v) is 0.296. The fraction of sp³-hybridized carbons (Fsp3) is 0.500. The first-order chi connectivity index (χ1) is 4.71. The van der Waals surface area contributed by atoms with Crippen LogP contribution in [0.2, 0.25) is 0 Å². The Balaban J connectivity index is 3.80. The van der Waals surface area contributed by atoms with E-state index in [1.54, 1.807) is 15.9 Å². The molecule has 0 rings (SSSR count). The summed E-state index contributed by atoms with van der Waals surface area (Å²) in [6, 6.07) is 0. The zero-order valence-electron chi connectivity index (χ0n) is 4.83. The number of hydrogen-bond donors (Lipinski definition) is 0. The Hall–Kier alpha value is -0.330. The molecule has 66 valence electrons. The Morgan fingerprint density at radius 2 is 1.55 bits per heavy atom. The minimum Gasteiger partial charge on any atom is -0.432 e. The number of alkyl halides is 6. The normalized spacial score (nSPS) is 14.0. The van der Waals surface area contributed by atoms with Crippen molar-refractivity contribution in [1.29, 1.82) is 0 Å². The van der Waals surface area contributed by atoms with Crippen LogP contribution >= 0.6 is 15.9 Å². The van der Waals surface area contributed by atoms with Gasteiger partial charge in [0.05, 0.1) is 12.3 Å². The van der Waals surface area contributed by atoms with E-state index in [-0.39, 0.29) is 6.26 Å². The van der Waals surface area contributed by atoms with Crippen molar-refractivity contribution in [3.63, 3.8) is 0 Å². The van der Waals surface area contributed by atoms with Gasteiger partial charge in [0.15, 0.2) is 0 Å². The van der Waals surface area contributed by atoms with E-state index in [0.717, 1.165) is 0 Å². The van der Waals surface area contributed by atoms with Gasteiger partial charge in [-0.2, -0.15) is 22.0 Å². The van der Waals surface area contributed by atoms with Gasteiger partial charge in [-0.1, -0.05) is 0 Å². The van der Waals surface area contributed by atoms with Crippen molar-refractivity contribution in [3.05, 3.63) is 12.3 Å². The second-order valence-electron chi connectivity index (χ2n) is 1.41. The third-order valence-corrected chi connectivity index (χ3v) is 0.646. The quantitative estimate of drug-likeness (QED) is 0.410. The summed E-state index contributed by atoms with van der Waals surface area (Å²) in [6.45, 7) is 0. The number of allylic oxidation sites excluding steroid dienone is 1. The van der Waals surface area contributed by atoms with E-state index >= 15 is 0 Å². The topological polar surface area (TPSA) is 9.23 Å². The molecule has 0 aliphatic rings. The summed E-state index contributed by atoms with van der Waals surface area (Å²) in [5.41, 5.74) is 0. The second kappa shape index (κ2) is 3.38. The molecule has 11 heavy (non-hydrogen) atoms. The second-order valence-corrected chi connectivity index (χ2v) is 2.33. The molecule has 0 aromatic carbocycles. The average Bonchev–Trinajstić information content (AvgIpc) is 1.55. The molecule has 0 saturated carbocycles. The van der Waals surface area contributed by atoms with Crippen molar-refractivity contribution in [3.8, 4) is 0 Å². The molecular formula is C4H2BrF5O. The molecule has 0 fully saturated rings. The van der Waals surface area contributed by atoms with Gasteiger partial charge in [0.2, 0.25) is 0 Å². The maximum atomic E-state index is 11.6. The molecule has 0 unspecified atom stereocenters. The minimum absolute atomic E-state index is 0.130. The highest BCUT2D eigenvalue weighted by molar-refractivity contribution is 9.09. The lowest BCUT2D eigenvalue weighted by Crippen LogP contribution is -2.08. The minimum atomic E-state index is -4.64. The van der Waals surface area contributed by atoms with Crippen LogP contribution in [0, 0.1) is 0 Å². The lowest BCUT2D eigenvalue weighted by atomic mass is 10.6. The van der Waals surface area contributed by atoms with Crippen LogP contribution in [-0.4, -0.2) is 11.2 Å². The SMILES string of the molecule is FC(F)(F)C=COC(F)(F)Br. The molecule has 7 heteroatoms. The van der Waals surface area contributed by atoms with E-state index < -0.39 is 17.3 Å². The molecule has 0 aliphatic carbocycles. The van der Waals surface area contributed by atoms with E-state index in [1.807, 2.05) is 0 Å². The van der Waals surface area contributed by atoms with Gasteiger partial charge in [-0.3, -0.25) is 0 Å². The Morgan fingerprint density at radius 1 is 1.09 bits per heavy atom. The van der Waals surface area contributed by atoms with Gasteiger partial charge in [0, 0.05) is 15.9 Å². The van der Waals surface area contributed by atoms with Crippen LogP contribution in [0.5, 0.6) is 0 Å². The van der Waals surface area contributed by atoms with Crippen LogP contribution in [0.25, 0.3) is 0 Å². The van der Waals surface area contributed by atoms with Gasteiger partial charge < -0.3 is 4.74 Å². The Labute approximate surface area is 67.0 Å². The Kier molecular flexibility index (Phi) is 3.28. The molecular weight excluding hydrogens is 239 g/mol. The van der Waals surface area contributed by atoms with Crippen molar-refractivity contribution in [2.45, 2.75) is 11.2 Å². The van der Waals surface area contributed by atoms with Crippen molar-refractivity contribution in [2.24, 2.45) is 0 Å². The number of ether oxygens (including phenoxy) is 1. The third kappa shape index (κ3) is 9.67. The molecule has 0 spiro atoms. The van der Waals surface area contributed by atoms with Crippen LogP contribution in [0.3, 0.4) is 0 Å². The predicted molar refractivity (Wildman–Crippen MR) is 30.2 cm³/mol. The Morgan fingerprint density at radius 3 is 1.82 bits per heavy atom. The van der Waals surface area contributed by atoms with E-state index in [2.05, 4.69) is 4.74 Å². The van der Waals surface area contributed by atoms with E-state index in [1.165, 1.54) is 0 Å². The molecule has 0 aliphatic heterocycles. The maximum Gasteiger partial charge on any atom is 0.458 e. The molecule has 0 aromatic rings. The van der Waals surface area contributed by atoms with Crippen LogP contribution in [0.4, 0.5) is 22.0 Å². The first-order valence-corrected chi connectivity index (χ1v) is 2.99. The molecule has 0 amide bonds. The van der Waals surface area contributed by atoms with E-state index in [4.69, 9.17) is 0 Å². The van der Waals surface area contributed by atoms with Crippen molar-refractivity contribution >= 4 is 15.9 Å². The van der Waals surface area contributed by atoms with Gasteiger partial charge in [-0.05, 0) is 0 Å². The smallest absolute Gasteiger partial charge is 0.432 e. The van der Waals surface area contributed by atoms with Gasteiger partial charge in [-0.25, -0.2) is 0 Å². The van der Waals surface area contributed by atoms with Crippen LogP contribution in [0.15, 0.2) is 12.3 Å². The largest absolute Gasteiger partial charge is 0.458 e. The standard InChI is InChI=1S/C4H2BrF5O/c5-4(9,10)11-2-1-3(6,7)8/h1-2H. The van der Waals surface area contributed by atoms with Crippen LogP contribution < -0.4 is 0 Å². The maximum absolute atomic E-state index is 11.6. The molecule has 1 nitrogen and oxygen atoms in total. The molecule has 0 heterocycles. The van der Waals surface area contributed by atoms with Crippen LogP contribution in [0.1, 0.15) is 0 Å². The van der Waals surface area contributed by atoms with Crippen molar-refractivity contribution in [1.82, 2.24) is 0 Å². The lowest BCUT2D eigenvalue weighted by Gasteiger charge is -2.05. The number of hydrogen-bond acceptors (Lipinski definition) is 1. The summed E-state index contributed by atoms with van der Waals surface area (Å²) in [6.07, 6.45) is -5.21. The summed E-state index contributed by atoms with van der Waals surface area (Å²) >= 11 is 1.67.